The summed E-state index contributed by atoms with van der Waals surface area (Å²) in [4.78, 5) is 19.7. The highest BCUT2D eigenvalue weighted by molar-refractivity contribution is 7.89. The molecule has 0 saturated carbocycles. The van der Waals surface area contributed by atoms with Crippen molar-refractivity contribution in [1.29, 1.82) is 0 Å². The highest BCUT2D eigenvalue weighted by atomic mass is 32.2. The van der Waals surface area contributed by atoms with Crippen LogP contribution in [0.1, 0.15) is 5.56 Å². The zero-order valence-corrected chi connectivity index (χ0v) is 19.3. The van der Waals surface area contributed by atoms with Gasteiger partial charge in [-0.25, -0.2) is 17.8 Å². The second-order valence-corrected chi connectivity index (χ2v) is 10.7. The van der Waals surface area contributed by atoms with Gasteiger partial charge in [0.05, 0.1) is 4.90 Å². The number of hydrogen-bond donors (Lipinski definition) is 0. The predicted molar refractivity (Wildman–Crippen MR) is 125 cm³/mol. The number of hydrogen-bond acceptors (Lipinski definition) is 7. The third-order valence-corrected chi connectivity index (χ3v) is 8.38. The molecule has 1 aliphatic heterocycles. The van der Waals surface area contributed by atoms with E-state index in [9.17, 15) is 17.6 Å². The van der Waals surface area contributed by atoms with Crippen molar-refractivity contribution < 1.29 is 12.8 Å². The van der Waals surface area contributed by atoms with E-state index in [2.05, 4.69) is 10.1 Å². The lowest BCUT2D eigenvalue weighted by Gasteiger charge is -2.34. The van der Waals surface area contributed by atoms with E-state index in [4.69, 9.17) is 0 Å². The van der Waals surface area contributed by atoms with Gasteiger partial charge in [0.25, 0.3) is 5.56 Å². The Hall–Kier alpha value is -3.15. The zero-order valence-electron chi connectivity index (χ0n) is 17.7. The molecule has 8 nitrogen and oxygen atoms in total. The number of aryl methyl sites for hydroxylation is 1. The largest absolute Gasteiger partial charge is 0.354 e. The summed E-state index contributed by atoms with van der Waals surface area (Å²) in [7, 11) is -3.71. The van der Waals surface area contributed by atoms with Crippen LogP contribution in [0.3, 0.4) is 0 Å². The first-order valence-electron chi connectivity index (χ1n) is 10.3. The van der Waals surface area contributed by atoms with Crippen LogP contribution in [-0.4, -0.2) is 53.5 Å². The fourth-order valence-corrected chi connectivity index (χ4v) is 6.09. The Balaban J connectivity index is 1.37. The van der Waals surface area contributed by atoms with Crippen LogP contribution in [-0.2, 0) is 10.0 Å². The van der Waals surface area contributed by atoms with E-state index in [0.717, 1.165) is 23.3 Å². The first-order valence-corrected chi connectivity index (χ1v) is 12.6. The second-order valence-electron chi connectivity index (χ2n) is 7.77. The van der Waals surface area contributed by atoms with E-state index in [1.807, 2.05) is 36.1 Å². The number of piperazine rings is 1. The van der Waals surface area contributed by atoms with Crippen LogP contribution in [0.4, 0.5) is 10.2 Å². The summed E-state index contributed by atoms with van der Waals surface area (Å²) in [6, 6.07) is 14.1. The van der Waals surface area contributed by atoms with Crippen molar-refractivity contribution in [2.45, 2.75) is 11.8 Å². The summed E-state index contributed by atoms with van der Waals surface area (Å²) in [6.07, 6.45) is 0. The van der Waals surface area contributed by atoms with Crippen molar-refractivity contribution in [3.8, 4) is 10.6 Å². The highest BCUT2D eigenvalue weighted by Gasteiger charge is 2.29. The van der Waals surface area contributed by atoms with Gasteiger partial charge in [-0.2, -0.15) is 13.9 Å². The molecule has 2 aromatic heterocycles. The summed E-state index contributed by atoms with van der Waals surface area (Å²) >= 11 is 1.33. The van der Waals surface area contributed by atoms with E-state index in [1.54, 1.807) is 0 Å². The minimum Gasteiger partial charge on any atom is -0.354 e. The van der Waals surface area contributed by atoms with Crippen LogP contribution < -0.4 is 10.5 Å². The SMILES string of the molecule is Cc1cccc(-c2nn3c(=O)cc(N4CCN(S(=O)(=O)c5ccc(F)cc5)CC4)nc3s2)c1. The molecule has 0 aliphatic carbocycles. The van der Waals surface area contributed by atoms with Gasteiger partial charge in [0.2, 0.25) is 15.0 Å². The van der Waals surface area contributed by atoms with Crippen LogP contribution >= 0.6 is 11.3 Å². The number of benzene rings is 2. The molecule has 5 rings (SSSR count). The van der Waals surface area contributed by atoms with Crippen molar-refractivity contribution >= 4 is 32.1 Å². The molecule has 0 unspecified atom stereocenters. The third kappa shape index (κ3) is 4.14. The normalized spacial score (nSPS) is 15.3. The summed E-state index contributed by atoms with van der Waals surface area (Å²) < 4.78 is 41.5. The van der Waals surface area contributed by atoms with Crippen molar-refractivity contribution in [2.24, 2.45) is 0 Å². The first-order chi connectivity index (χ1) is 15.8. The average molecular weight is 486 g/mol. The minimum absolute atomic E-state index is 0.0588. The molecule has 4 aromatic rings. The van der Waals surface area contributed by atoms with Crippen LogP contribution in [0.5, 0.6) is 0 Å². The number of aromatic nitrogens is 3. The Kier molecular flexibility index (Phi) is 5.47. The maximum atomic E-state index is 13.2. The lowest BCUT2D eigenvalue weighted by molar-refractivity contribution is 0.383. The Morgan fingerprint density at radius 2 is 1.73 bits per heavy atom. The number of fused-ring (bicyclic) bond motifs is 1. The molecule has 170 valence electrons. The van der Waals surface area contributed by atoms with E-state index in [-0.39, 0.29) is 23.5 Å². The van der Waals surface area contributed by atoms with Gasteiger partial charge in [0, 0.05) is 37.8 Å². The Labute approximate surface area is 193 Å². The molecule has 1 fully saturated rings. The highest BCUT2D eigenvalue weighted by Crippen LogP contribution is 2.26. The van der Waals surface area contributed by atoms with E-state index < -0.39 is 15.8 Å². The van der Waals surface area contributed by atoms with Gasteiger partial charge < -0.3 is 4.90 Å². The maximum absolute atomic E-state index is 13.2. The Morgan fingerprint density at radius 3 is 2.42 bits per heavy atom. The number of anilines is 1. The van der Waals surface area contributed by atoms with Crippen molar-refractivity contribution in [2.75, 3.05) is 31.1 Å². The summed E-state index contributed by atoms with van der Waals surface area (Å²) in [5.41, 5.74) is 1.73. The lowest BCUT2D eigenvalue weighted by Crippen LogP contribution is -2.49. The fourth-order valence-electron chi connectivity index (χ4n) is 3.77. The van der Waals surface area contributed by atoms with Crippen LogP contribution in [0.2, 0.25) is 0 Å². The number of rotatable bonds is 4. The van der Waals surface area contributed by atoms with Gasteiger partial charge >= 0.3 is 0 Å². The molecule has 1 aliphatic rings. The molecule has 0 atom stereocenters. The molecule has 0 bridgehead atoms. The molecule has 0 spiro atoms. The number of halogens is 1. The maximum Gasteiger partial charge on any atom is 0.277 e. The molecule has 0 radical (unpaired) electrons. The van der Waals surface area contributed by atoms with E-state index in [0.29, 0.717) is 28.9 Å². The fraction of sp³-hybridized carbons (Fsp3) is 0.227. The van der Waals surface area contributed by atoms with Crippen LogP contribution in [0.15, 0.2) is 64.3 Å². The van der Waals surface area contributed by atoms with Crippen molar-refractivity contribution in [3.05, 3.63) is 76.3 Å². The van der Waals surface area contributed by atoms with Gasteiger partial charge in [-0.05, 0) is 37.3 Å². The van der Waals surface area contributed by atoms with E-state index >= 15 is 0 Å². The third-order valence-electron chi connectivity index (χ3n) is 5.51. The van der Waals surface area contributed by atoms with Gasteiger partial charge in [-0.15, -0.1) is 0 Å². The molecule has 3 heterocycles. The van der Waals surface area contributed by atoms with Crippen LogP contribution in [0.25, 0.3) is 15.5 Å². The Morgan fingerprint density at radius 1 is 1.00 bits per heavy atom. The number of nitrogens with zero attached hydrogens (tertiary/aromatic N) is 5. The average Bonchev–Trinajstić information content (AvgIpc) is 3.25. The standard InChI is InChI=1S/C22H20FN5O3S2/c1-15-3-2-4-16(13-15)21-25-28-20(29)14-19(24-22(28)32-21)26-9-11-27(12-10-26)33(30,31)18-7-5-17(23)6-8-18/h2-8,13-14H,9-12H2,1H3. The summed E-state index contributed by atoms with van der Waals surface area (Å²) in [5, 5.41) is 5.13. The lowest BCUT2D eigenvalue weighted by atomic mass is 10.1. The Bertz CT molecular complexity index is 1490. The summed E-state index contributed by atoms with van der Waals surface area (Å²) in [6.45, 7) is 3.23. The first kappa shape index (κ1) is 21.7. The molecule has 2 aromatic carbocycles. The van der Waals surface area contributed by atoms with Gasteiger partial charge in [0.15, 0.2) is 0 Å². The topological polar surface area (TPSA) is 87.9 Å². The van der Waals surface area contributed by atoms with Gasteiger partial charge in [-0.3, -0.25) is 4.79 Å². The predicted octanol–water partition coefficient (Wildman–Crippen LogP) is 2.78. The van der Waals surface area contributed by atoms with E-state index in [1.165, 1.54) is 38.4 Å². The summed E-state index contributed by atoms with van der Waals surface area (Å²) in [5.74, 6) is 0.0124. The molecular formula is C22H20FN5O3S2. The molecule has 0 N–H and O–H groups in total. The monoisotopic (exact) mass is 485 g/mol. The van der Waals surface area contributed by atoms with Gasteiger partial charge in [-0.1, -0.05) is 35.1 Å². The minimum atomic E-state index is -3.71. The van der Waals surface area contributed by atoms with Crippen LogP contribution in [0, 0.1) is 12.7 Å². The second kappa shape index (κ2) is 8.32. The molecule has 0 amide bonds. The zero-order chi connectivity index (χ0) is 23.2. The number of sulfonamides is 1. The molecular weight excluding hydrogens is 465 g/mol. The smallest absolute Gasteiger partial charge is 0.277 e. The van der Waals surface area contributed by atoms with Gasteiger partial charge in [0.1, 0.15) is 16.6 Å². The molecule has 11 heteroatoms. The molecule has 33 heavy (non-hydrogen) atoms. The van der Waals surface area contributed by atoms with Crippen molar-refractivity contribution in [3.63, 3.8) is 0 Å². The van der Waals surface area contributed by atoms with Crippen molar-refractivity contribution in [1.82, 2.24) is 18.9 Å². The molecule has 1 saturated heterocycles. The quantitative estimate of drug-likeness (QED) is 0.442.